The first-order valence-corrected chi connectivity index (χ1v) is 6.67. The molecule has 0 fully saturated rings. The molecule has 0 aliphatic heterocycles. The molecule has 4 nitrogen and oxygen atoms in total. The molecule has 0 radical (unpaired) electrons. The van der Waals surface area contributed by atoms with Crippen molar-refractivity contribution in [1.29, 1.82) is 0 Å². The SMILES string of the molecule is CCCCN(c1ccccc1)c1nc[nH]c(=O)c1Cl. The lowest BCUT2D eigenvalue weighted by atomic mass is 10.2. The van der Waals surface area contributed by atoms with Gasteiger partial charge in [-0.05, 0) is 18.6 Å². The van der Waals surface area contributed by atoms with Gasteiger partial charge in [0, 0.05) is 12.2 Å². The number of H-pyrrole nitrogens is 1. The fourth-order valence-corrected chi connectivity index (χ4v) is 2.05. The highest BCUT2D eigenvalue weighted by Gasteiger charge is 2.15. The summed E-state index contributed by atoms with van der Waals surface area (Å²) in [5.41, 5.74) is 0.667. The van der Waals surface area contributed by atoms with E-state index in [1.807, 2.05) is 35.2 Å². The van der Waals surface area contributed by atoms with Gasteiger partial charge in [0.2, 0.25) is 0 Å². The minimum atomic E-state index is -0.316. The maximum atomic E-state index is 11.6. The fourth-order valence-electron chi connectivity index (χ4n) is 1.84. The average Bonchev–Trinajstić information content (AvgIpc) is 2.45. The minimum absolute atomic E-state index is 0.127. The van der Waals surface area contributed by atoms with Crippen LogP contribution in [-0.4, -0.2) is 16.5 Å². The number of nitrogens with one attached hydrogen (secondary N) is 1. The van der Waals surface area contributed by atoms with Crippen LogP contribution in [0.5, 0.6) is 0 Å². The molecule has 0 unspecified atom stereocenters. The summed E-state index contributed by atoms with van der Waals surface area (Å²) in [4.78, 5) is 20.3. The van der Waals surface area contributed by atoms with E-state index >= 15 is 0 Å². The van der Waals surface area contributed by atoms with Crippen molar-refractivity contribution in [3.8, 4) is 0 Å². The second-order valence-corrected chi connectivity index (χ2v) is 4.59. The first kappa shape index (κ1) is 13.6. The molecule has 0 spiro atoms. The summed E-state index contributed by atoms with van der Waals surface area (Å²) < 4.78 is 0. The number of rotatable bonds is 5. The topological polar surface area (TPSA) is 49.0 Å². The number of hydrogen-bond acceptors (Lipinski definition) is 3. The molecule has 1 aromatic carbocycles. The Morgan fingerprint density at radius 3 is 2.74 bits per heavy atom. The minimum Gasteiger partial charge on any atom is -0.325 e. The third-order valence-corrected chi connectivity index (χ3v) is 3.18. The molecular formula is C14H16ClN3O. The van der Waals surface area contributed by atoms with E-state index in [4.69, 9.17) is 11.6 Å². The van der Waals surface area contributed by atoms with E-state index in [0.717, 1.165) is 25.1 Å². The average molecular weight is 278 g/mol. The number of nitrogens with zero attached hydrogens (tertiary/aromatic N) is 2. The number of para-hydroxylation sites is 1. The number of anilines is 2. The lowest BCUT2D eigenvalue weighted by Crippen LogP contribution is -2.23. The van der Waals surface area contributed by atoms with Crippen LogP contribution in [0.15, 0.2) is 41.5 Å². The first-order valence-electron chi connectivity index (χ1n) is 6.29. The van der Waals surface area contributed by atoms with E-state index in [1.165, 1.54) is 6.33 Å². The summed E-state index contributed by atoms with van der Waals surface area (Å²) in [5, 5.41) is 0.127. The molecule has 100 valence electrons. The summed E-state index contributed by atoms with van der Waals surface area (Å²) in [6.07, 6.45) is 3.44. The van der Waals surface area contributed by atoms with Crippen molar-refractivity contribution in [3.05, 3.63) is 52.0 Å². The van der Waals surface area contributed by atoms with E-state index in [2.05, 4.69) is 16.9 Å². The highest BCUT2D eigenvalue weighted by Crippen LogP contribution is 2.27. The van der Waals surface area contributed by atoms with Crippen LogP contribution < -0.4 is 10.5 Å². The van der Waals surface area contributed by atoms with Crippen LogP contribution in [-0.2, 0) is 0 Å². The van der Waals surface area contributed by atoms with Gasteiger partial charge in [-0.1, -0.05) is 43.1 Å². The zero-order valence-electron chi connectivity index (χ0n) is 10.8. The van der Waals surface area contributed by atoms with Gasteiger partial charge in [0.25, 0.3) is 5.56 Å². The molecular weight excluding hydrogens is 262 g/mol. The number of aromatic amines is 1. The standard InChI is InChI=1S/C14H16ClN3O/c1-2-3-9-18(11-7-5-4-6-8-11)13-12(15)14(19)17-10-16-13/h4-8,10H,2-3,9H2,1H3,(H,16,17,19). The van der Waals surface area contributed by atoms with Gasteiger partial charge in [0.15, 0.2) is 5.82 Å². The molecule has 1 heterocycles. The van der Waals surface area contributed by atoms with Gasteiger partial charge >= 0.3 is 0 Å². The molecule has 19 heavy (non-hydrogen) atoms. The molecule has 0 saturated heterocycles. The summed E-state index contributed by atoms with van der Waals surface area (Å²) in [6, 6.07) is 9.82. The molecule has 2 rings (SSSR count). The van der Waals surface area contributed by atoms with Gasteiger partial charge < -0.3 is 9.88 Å². The summed E-state index contributed by atoms with van der Waals surface area (Å²) >= 11 is 6.07. The van der Waals surface area contributed by atoms with Crippen molar-refractivity contribution < 1.29 is 0 Å². The number of halogens is 1. The molecule has 0 aliphatic carbocycles. The van der Waals surface area contributed by atoms with Gasteiger partial charge in [0.1, 0.15) is 5.02 Å². The van der Waals surface area contributed by atoms with Gasteiger partial charge in [-0.25, -0.2) is 4.98 Å². The third-order valence-electron chi connectivity index (χ3n) is 2.84. The summed E-state index contributed by atoms with van der Waals surface area (Å²) in [6.45, 7) is 2.90. The maximum Gasteiger partial charge on any atom is 0.271 e. The van der Waals surface area contributed by atoms with Crippen LogP contribution in [0.2, 0.25) is 5.02 Å². The van der Waals surface area contributed by atoms with Crippen molar-refractivity contribution in [2.75, 3.05) is 11.4 Å². The molecule has 0 amide bonds. The molecule has 0 aliphatic rings. The Bertz CT molecular complexity index is 583. The van der Waals surface area contributed by atoms with Crippen molar-refractivity contribution in [2.45, 2.75) is 19.8 Å². The van der Waals surface area contributed by atoms with Crippen molar-refractivity contribution in [2.24, 2.45) is 0 Å². The first-order chi connectivity index (χ1) is 9.24. The van der Waals surface area contributed by atoms with E-state index in [9.17, 15) is 4.79 Å². The van der Waals surface area contributed by atoms with Crippen LogP contribution in [0.4, 0.5) is 11.5 Å². The van der Waals surface area contributed by atoms with Crippen LogP contribution in [0, 0.1) is 0 Å². The number of hydrogen-bond donors (Lipinski definition) is 1. The highest BCUT2D eigenvalue weighted by molar-refractivity contribution is 6.32. The second kappa shape index (κ2) is 6.38. The number of unbranched alkanes of at least 4 members (excludes halogenated alkanes) is 1. The van der Waals surface area contributed by atoms with Crippen molar-refractivity contribution >= 4 is 23.1 Å². The van der Waals surface area contributed by atoms with Crippen LogP contribution in [0.1, 0.15) is 19.8 Å². The maximum absolute atomic E-state index is 11.6. The number of benzene rings is 1. The molecule has 1 N–H and O–H groups in total. The zero-order valence-corrected chi connectivity index (χ0v) is 11.5. The van der Waals surface area contributed by atoms with Gasteiger partial charge in [0.05, 0.1) is 6.33 Å². The molecule has 2 aromatic rings. The predicted octanol–water partition coefficient (Wildman–Crippen LogP) is 3.36. The van der Waals surface area contributed by atoms with E-state index < -0.39 is 0 Å². The monoisotopic (exact) mass is 277 g/mol. The normalized spacial score (nSPS) is 10.4. The van der Waals surface area contributed by atoms with Crippen LogP contribution in [0.3, 0.4) is 0 Å². The van der Waals surface area contributed by atoms with Gasteiger partial charge in [-0.3, -0.25) is 4.79 Å². The largest absolute Gasteiger partial charge is 0.325 e. The Kier molecular flexibility index (Phi) is 4.58. The molecule has 0 bridgehead atoms. The summed E-state index contributed by atoms with van der Waals surface area (Å²) in [5.74, 6) is 0.505. The molecule has 0 atom stereocenters. The Hall–Kier alpha value is -1.81. The van der Waals surface area contributed by atoms with Crippen molar-refractivity contribution in [3.63, 3.8) is 0 Å². The zero-order chi connectivity index (χ0) is 13.7. The lowest BCUT2D eigenvalue weighted by Gasteiger charge is -2.24. The number of aromatic nitrogens is 2. The third kappa shape index (κ3) is 3.15. The van der Waals surface area contributed by atoms with Gasteiger partial charge in [-0.2, -0.15) is 0 Å². The lowest BCUT2D eigenvalue weighted by molar-refractivity contribution is 0.777. The highest BCUT2D eigenvalue weighted by atomic mass is 35.5. The predicted molar refractivity (Wildman–Crippen MR) is 78.2 cm³/mol. The van der Waals surface area contributed by atoms with Crippen molar-refractivity contribution in [1.82, 2.24) is 9.97 Å². The molecule has 5 heteroatoms. The van der Waals surface area contributed by atoms with Crippen LogP contribution in [0.25, 0.3) is 0 Å². The van der Waals surface area contributed by atoms with E-state index in [0.29, 0.717) is 5.82 Å². The Balaban J connectivity index is 2.43. The van der Waals surface area contributed by atoms with Crippen LogP contribution >= 0.6 is 11.6 Å². The molecule has 0 saturated carbocycles. The Labute approximate surface area is 117 Å². The van der Waals surface area contributed by atoms with Gasteiger partial charge in [-0.15, -0.1) is 0 Å². The second-order valence-electron chi connectivity index (χ2n) is 4.21. The van der Waals surface area contributed by atoms with E-state index in [1.54, 1.807) is 0 Å². The quantitative estimate of drug-likeness (QED) is 0.912. The summed E-state index contributed by atoms with van der Waals surface area (Å²) in [7, 11) is 0. The Morgan fingerprint density at radius 1 is 1.32 bits per heavy atom. The van der Waals surface area contributed by atoms with E-state index in [-0.39, 0.29) is 10.6 Å². The fraction of sp³-hybridized carbons (Fsp3) is 0.286. The Morgan fingerprint density at radius 2 is 2.05 bits per heavy atom. The molecule has 1 aromatic heterocycles. The smallest absolute Gasteiger partial charge is 0.271 e.